The van der Waals surface area contributed by atoms with Crippen LogP contribution in [0.4, 0.5) is 20.8 Å². The zero-order chi connectivity index (χ0) is 17.9. The van der Waals surface area contributed by atoms with E-state index in [1.54, 1.807) is 7.05 Å². The van der Waals surface area contributed by atoms with Crippen molar-refractivity contribution in [3.05, 3.63) is 12.4 Å². The largest absolute Gasteiger partial charge is 0.393 e. The first kappa shape index (κ1) is 17.7. The highest BCUT2D eigenvalue weighted by Gasteiger charge is 2.40. The van der Waals surface area contributed by atoms with Gasteiger partial charge in [-0.3, -0.25) is 0 Å². The lowest BCUT2D eigenvalue weighted by Crippen LogP contribution is -2.46. The molecule has 2 atom stereocenters. The molecule has 3 N–H and O–H groups in total. The van der Waals surface area contributed by atoms with Crippen molar-refractivity contribution in [2.75, 3.05) is 50.1 Å². The normalized spacial score (nSPS) is 26.1. The van der Waals surface area contributed by atoms with Crippen LogP contribution in [0, 0.1) is 0 Å². The molecule has 2 fully saturated rings. The van der Waals surface area contributed by atoms with Gasteiger partial charge in [0.05, 0.1) is 13.2 Å². The molecule has 8 nitrogen and oxygen atoms in total. The Kier molecular flexibility index (Phi) is 5.22. The van der Waals surface area contributed by atoms with Crippen molar-refractivity contribution in [1.29, 1.82) is 0 Å². The Morgan fingerprint density at radius 3 is 3.04 bits per heavy atom. The summed E-state index contributed by atoms with van der Waals surface area (Å²) in [5.41, 5.74) is -1.67. The van der Waals surface area contributed by atoms with Crippen LogP contribution in [0.15, 0.2) is 12.4 Å². The molecule has 25 heavy (non-hydrogen) atoms. The van der Waals surface area contributed by atoms with Gasteiger partial charge in [0, 0.05) is 45.2 Å². The fourth-order valence-electron chi connectivity index (χ4n) is 3.45. The van der Waals surface area contributed by atoms with E-state index in [1.165, 1.54) is 11.2 Å². The van der Waals surface area contributed by atoms with Gasteiger partial charge in [0.25, 0.3) is 0 Å². The molecule has 0 spiro atoms. The lowest BCUT2D eigenvalue weighted by Gasteiger charge is -2.27. The number of nitrogens with zero attached hydrogens (tertiary/aromatic N) is 4. The number of amides is 2. The molecular formula is C16H25FN6O2. The van der Waals surface area contributed by atoms with E-state index >= 15 is 0 Å². The SMILES string of the molecule is CNc1cc(N2CCCC2CNC(=O)N2CCC(F)(CO)C2)ncn1. The minimum atomic E-state index is -1.67. The molecule has 0 radical (unpaired) electrons. The third-order valence-electron chi connectivity index (χ3n) is 4.94. The highest BCUT2D eigenvalue weighted by molar-refractivity contribution is 5.74. The van der Waals surface area contributed by atoms with Crippen molar-refractivity contribution < 1.29 is 14.3 Å². The molecule has 2 saturated heterocycles. The number of aromatic nitrogens is 2. The average Bonchev–Trinajstić information content (AvgIpc) is 3.27. The van der Waals surface area contributed by atoms with E-state index in [9.17, 15) is 9.18 Å². The second-order valence-corrected chi connectivity index (χ2v) is 6.67. The number of rotatable bonds is 5. The predicted molar refractivity (Wildman–Crippen MR) is 92.5 cm³/mol. The third-order valence-corrected chi connectivity index (χ3v) is 4.94. The molecule has 2 aliphatic heterocycles. The number of alkyl halides is 1. The summed E-state index contributed by atoms with van der Waals surface area (Å²) >= 11 is 0. The van der Waals surface area contributed by atoms with E-state index in [-0.39, 0.29) is 25.0 Å². The van der Waals surface area contributed by atoms with E-state index in [4.69, 9.17) is 5.11 Å². The molecule has 0 bridgehead atoms. The first-order chi connectivity index (χ1) is 12.0. The van der Waals surface area contributed by atoms with Crippen LogP contribution in [-0.2, 0) is 0 Å². The topological polar surface area (TPSA) is 93.6 Å². The third kappa shape index (κ3) is 3.92. The molecular weight excluding hydrogens is 327 g/mol. The van der Waals surface area contributed by atoms with Gasteiger partial charge in [-0.05, 0) is 12.8 Å². The summed E-state index contributed by atoms with van der Waals surface area (Å²) in [5, 5.41) is 15.0. The number of aliphatic hydroxyl groups is 1. The first-order valence-corrected chi connectivity index (χ1v) is 8.64. The molecule has 2 amide bonds. The number of halogens is 1. The zero-order valence-electron chi connectivity index (χ0n) is 14.4. The summed E-state index contributed by atoms with van der Waals surface area (Å²) in [6.45, 7) is 1.08. The number of carbonyl (C=O) groups excluding carboxylic acids is 1. The molecule has 2 aliphatic rings. The van der Waals surface area contributed by atoms with Crippen molar-refractivity contribution in [1.82, 2.24) is 20.2 Å². The number of aliphatic hydroxyl groups excluding tert-OH is 1. The van der Waals surface area contributed by atoms with E-state index in [0.29, 0.717) is 13.1 Å². The number of carbonyl (C=O) groups is 1. The molecule has 0 aromatic carbocycles. The Morgan fingerprint density at radius 1 is 1.48 bits per heavy atom. The molecule has 2 unspecified atom stereocenters. The van der Waals surface area contributed by atoms with Gasteiger partial charge in [0.1, 0.15) is 18.0 Å². The molecule has 9 heteroatoms. The van der Waals surface area contributed by atoms with Crippen molar-refractivity contribution in [3.63, 3.8) is 0 Å². The quantitative estimate of drug-likeness (QED) is 0.719. The first-order valence-electron chi connectivity index (χ1n) is 8.64. The van der Waals surface area contributed by atoms with E-state index in [2.05, 4.69) is 25.5 Å². The maximum Gasteiger partial charge on any atom is 0.317 e. The fourth-order valence-corrected chi connectivity index (χ4v) is 3.45. The van der Waals surface area contributed by atoms with E-state index in [0.717, 1.165) is 31.0 Å². The second-order valence-electron chi connectivity index (χ2n) is 6.67. The minimum absolute atomic E-state index is 0.0544. The smallest absolute Gasteiger partial charge is 0.317 e. The zero-order valence-corrected chi connectivity index (χ0v) is 14.4. The summed E-state index contributed by atoms with van der Waals surface area (Å²) in [6.07, 6.45) is 3.69. The highest BCUT2D eigenvalue weighted by Crippen LogP contribution is 2.26. The van der Waals surface area contributed by atoms with E-state index < -0.39 is 12.3 Å². The molecule has 1 aromatic heterocycles. The Labute approximate surface area is 146 Å². The van der Waals surface area contributed by atoms with Crippen LogP contribution in [0.1, 0.15) is 19.3 Å². The van der Waals surface area contributed by atoms with Gasteiger partial charge in [-0.15, -0.1) is 0 Å². The summed E-state index contributed by atoms with van der Waals surface area (Å²) in [5.74, 6) is 1.58. The lowest BCUT2D eigenvalue weighted by atomic mass is 10.1. The number of hydrogen-bond acceptors (Lipinski definition) is 6. The number of nitrogens with one attached hydrogen (secondary N) is 2. The van der Waals surface area contributed by atoms with Gasteiger partial charge < -0.3 is 25.5 Å². The molecule has 3 rings (SSSR count). The Balaban J connectivity index is 1.56. The lowest BCUT2D eigenvalue weighted by molar-refractivity contribution is 0.0805. The highest BCUT2D eigenvalue weighted by atomic mass is 19.1. The van der Waals surface area contributed by atoms with Gasteiger partial charge >= 0.3 is 6.03 Å². The van der Waals surface area contributed by atoms with Crippen LogP contribution >= 0.6 is 0 Å². The molecule has 0 saturated carbocycles. The fraction of sp³-hybridized carbons (Fsp3) is 0.688. The summed E-state index contributed by atoms with van der Waals surface area (Å²) in [6, 6.07) is 1.76. The van der Waals surface area contributed by atoms with Gasteiger partial charge in [-0.25, -0.2) is 19.2 Å². The molecule has 138 valence electrons. The van der Waals surface area contributed by atoms with Crippen molar-refractivity contribution in [2.24, 2.45) is 0 Å². The van der Waals surface area contributed by atoms with Crippen molar-refractivity contribution in [3.8, 4) is 0 Å². The van der Waals surface area contributed by atoms with Crippen LogP contribution in [0.3, 0.4) is 0 Å². The van der Waals surface area contributed by atoms with Crippen LogP contribution < -0.4 is 15.5 Å². The molecule has 3 heterocycles. The summed E-state index contributed by atoms with van der Waals surface area (Å²) in [7, 11) is 1.81. The van der Waals surface area contributed by atoms with Gasteiger partial charge in [-0.1, -0.05) is 0 Å². The Bertz CT molecular complexity index is 618. The number of hydrogen-bond donors (Lipinski definition) is 3. The van der Waals surface area contributed by atoms with Crippen LogP contribution in [-0.4, -0.2) is 77.5 Å². The minimum Gasteiger partial charge on any atom is -0.393 e. The number of likely N-dealkylation sites (tertiary alicyclic amines) is 1. The maximum atomic E-state index is 14.0. The average molecular weight is 352 g/mol. The number of anilines is 2. The summed E-state index contributed by atoms with van der Waals surface area (Å²) in [4.78, 5) is 24.3. The summed E-state index contributed by atoms with van der Waals surface area (Å²) < 4.78 is 14.0. The number of urea groups is 1. The monoisotopic (exact) mass is 352 g/mol. The molecule has 1 aromatic rings. The van der Waals surface area contributed by atoms with Crippen LogP contribution in [0.5, 0.6) is 0 Å². The van der Waals surface area contributed by atoms with Crippen molar-refractivity contribution >= 4 is 17.7 Å². The molecule has 0 aliphatic carbocycles. The second kappa shape index (κ2) is 7.38. The Morgan fingerprint density at radius 2 is 2.32 bits per heavy atom. The predicted octanol–water partition coefficient (Wildman–Crippen LogP) is 0.603. The van der Waals surface area contributed by atoms with Gasteiger partial charge in [0.2, 0.25) is 0 Å². The Hall–Kier alpha value is -2.16. The standard InChI is InChI=1S/C16H25FN6O2/c1-18-13-7-14(21-11-20-13)23-5-2-3-12(23)8-19-15(25)22-6-4-16(17,9-22)10-24/h7,11-12,24H,2-6,8-10H2,1H3,(H,19,25)(H,18,20,21). The van der Waals surface area contributed by atoms with E-state index in [1.807, 2.05) is 6.07 Å². The van der Waals surface area contributed by atoms with Gasteiger partial charge in [0.15, 0.2) is 5.67 Å². The maximum absolute atomic E-state index is 14.0. The van der Waals surface area contributed by atoms with Gasteiger partial charge in [-0.2, -0.15) is 0 Å². The van der Waals surface area contributed by atoms with Crippen LogP contribution in [0.25, 0.3) is 0 Å². The van der Waals surface area contributed by atoms with Crippen LogP contribution in [0.2, 0.25) is 0 Å². The van der Waals surface area contributed by atoms with Crippen molar-refractivity contribution in [2.45, 2.75) is 31.0 Å².